The van der Waals surface area contributed by atoms with E-state index in [1.165, 1.54) is 12.1 Å². The van der Waals surface area contributed by atoms with Gasteiger partial charge in [0.25, 0.3) is 0 Å². The molecule has 2 aliphatic heterocycles. The van der Waals surface area contributed by atoms with Crippen molar-refractivity contribution in [1.82, 2.24) is 4.90 Å². The maximum atomic E-state index is 12.8. The highest BCUT2D eigenvalue weighted by atomic mass is 19.3. The summed E-state index contributed by atoms with van der Waals surface area (Å²) in [7, 11) is 0. The number of likely N-dealkylation sites (tertiary alicyclic amines) is 1. The number of carbonyl (C=O) groups excluding carboxylic acids is 1. The van der Waals surface area contributed by atoms with Crippen LogP contribution in [0.3, 0.4) is 0 Å². The van der Waals surface area contributed by atoms with Gasteiger partial charge in [-0.15, -0.1) is 0 Å². The lowest BCUT2D eigenvalue weighted by Gasteiger charge is -2.41. The Hall–Kier alpha value is -1.73. The van der Waals surface area contributed by atoms with Gasteiger partial charge in [0.15, 0.2) is 0 Å². The third-order valence-corrected chi connectivity index (χ3v) is 4.65. The summed E-state index contributed by atoms with van der Waals surface area (Å²) < 4.78 is 28.8. The molecule has 2 atom stereocenters. The number of β-amino-alcohol motifs (C(OH)–C–C–N with tert-alkyl or cyclic N) is 1. The van der Waals surface area contributed by atoms with Gasteiger partial charge in [0.05, 0.1) is 12.1 Å². The van der Waals surface area contributed by atoms with Crippen molar-refractivity contribution in [3.8, 4) is 5.75 Å². The minimum atomic E-state index is -2.86. The molecule has 1 amide bonds. The molecule has 7 heteroatoms. The van der Waals surface area contributed by atoms with Crippen LogP contribution in [0.5, 0.6) is 5.75 Å². The number of aliphatic hydroxyl groups excluding tert-OH is 1. The van der Waals surface area contributed by atoms with E-state index in [-0.39, 0.29) is 23.8 Å². The molecule has 2 saturated heterocycles. The zero-order valence-corrected chi connectivity index (χ0v) is 13.4. The van der Waals surface area contributed by atoms with Gasteiger partial charge in [-0.25, -0.2) is 0 Å². The van der Waals surface area contributed by atoms with Gasteiger partial charge in [0.1, 0.15) is 5.75 Å². The lowest BCUT2D eigenvalue weighted by molar-refractivity contribution is -0.126. The number of benzene rings is 1. The number of nitrogens with zero attached hydrogens (tertiary/aromatic N) is 2. The first-order valence-corrected chi connectivity index (χ1v) is 8.33. The first kappa shape index (κ1) is 17.1. The Morgan fingerprint density at radius 2 is 1.83 bits per heavy atom. The second-order valence-electron chi connectivity index (χ2n) is 6.31. The standard InChI is InChI=1S/C17H22F2N2O3/c18-17(19)24-14-7-5-12(6-8-14)21-10-2-4-15(16(21)23)20-9-1-3-13(22)11-20/h5-8,13,15,17,22H,1-4,9-11H2. The molecule has 0 bridgehead atoms. The van der Waals surface area contributed by atoms with E-state index in [0.717, 1.165) is 32.2 Å². The molecule has 1 aromatic carbocycles. The van der Waals surface area contributed by atoms with Crippen LogP contribution in [0.1, 0.15) is 25.7 Å². The topological polar surface area (TPSA) is 53.0 Å². The van der Waals surface area contributed by atoms with Gasteiger partial charge in [-0.1, -0.05) is 0 Å². The van der Waals surface area contributed by atoms with Crippen LogP contribution in [0.25, 0.3) is 0 Å². The molecule has 2 heterocycles. The smallest absolute Gasteiger partial charge is 0.387 e. The fourth-order valence-electron chi connectivity index (χ4n) is 3.53. The van der Waals surface area contributed by atoms with E-state index in [0.29, 0.717) is 18.8 Å². The summed E-state index contributed by atoms with van der Waals surface area (Å²) in [5.41, 5.74) is 0.684. The molecular formula is C17H22F2N2O3. The second kappa shape index (κ2) is 7.44. The Labute approximate surface area is 139 Å². The van der Waals surface area contributed by atoms with Crippen LogP contribution in [-0.2, 0) is 4.79 Å². The summed E-state index contributed by atoms with van der Waals surface area (Å²) in [6, 6.07) is 5.93. The number of anilines is 1. The predicted molar refractivity (Wildman–Crippen MR) is 85.3 cm³/mol. The summed E-state index contributed by atoms with van der Waals surface area (Å²) >= 11 is 0. The lowest BCUT2D eigenvalue weighted by Crippen LogP contribution is -2.55. The summed E-state index contributed by atoms with van der Waals surface area (Å²) in [5.74, 6) is 0.0896. The normalized spacial score (nSPS) is 26.0. The number of halogens is 2. The molecule has 2 fully saturated rings. The Morgan fingerprint density at radius 1 is 1.12 bits per heavy atom. The third-order valence-electron chi connectivity index (χ3n) is 4.65. The monoisotopic (exact) mass is 340 g/mol. The van der Waals surface area contributed by atoms with Crippen LogP contribution < -0.4 is 9.64 Å². The minimum absolute atomic E-state index is 0.0119. The van der Waals surface area contributed by atoms with Crippen LogP contribution in [0.4, 0.5) is 14.5 Å². The molecule has 1 aromatic rings. The molecular weight excluding hydrogens is 318 g/mol. The number of ether oxygens (including phenoxy) is 1. The van der Waals surface area contributed by atoms with Gasteiger partial charge < -0.3 is 14.7 Å². The first-order chi connectivity index (χ1) is 11.5. The molecule has 0 aromatic heterocycles. The number of rotatable bonds is 4. The summed E-state index contributed by atoms with van der Waals surface area (Å²) in [5, 5.41) is 9.84. The average molecular weight is 340 g/mol. The number of carbonyl (C=O) groups is 1. The van der Waals surface area contributed by atoms with E-state index in [1.54, 1.807) is 17.0 Å². The Balaban J connectivity index is 1.70. The van der Waals surface area contributed by atoms with Crippen molar-refractivity contribution in [1.29, 1.82) is 0 Å². The van der Waals surface area contributed by atoms with E-state index in [9.17, 15) is 18.7 Å². The molecule has 0 radical (unpaired) electrons. The van der Waals surface area contributed by atoms with Gasteiger partial charge >= 0.3 is 6.61 Å². The van der Waals surface area contributed by atoms with Crippen LogP contribution in [0, 0.1) is 0 Å². The van der Waals surface area contributed by atoms with E-state index in [2.05, 4.69) is 9.64 Å². The van der Waals surface area contributed by atoms with Crippen molar-refractivity contribution in [3.63, 3.8) is 0 Å². The van der Waals surface area contributed by atoms with Gasteiger partial charge in [0, 0.05) is 18.8 Å². The largest absolute Gasteiger partial charge is 0.435 e. The highest BCUT2D eigenvalue weighted by Crippen LogP contribution is 2.27. The molecule has 2 aliphatic rings. The molecule has 0 spiro atoms. The quantitative estimate of drug-likeness (QED) is 0.913. The van der Waals surface area contributed by atoms with Crippen LogP contribution >= 0.6 is 0 Å². The van der Waals surface area contributed by atoms with E-state index >= 15 is 0 Å². The van der Waals surface area contributed by atoms with Crippen molar-refractivity contribution in [3.05, 3.63) is 24.3 Å². The van der Waals surface area contributed by atoms with Crippen molar-refractivity contribution >= 4 is 11.6 Å². The molecule has 2 unspecified atom stereocenters. The predicted octanol–water partition coefficient (Wildman–Crippen LogP) is 2.24. The van der Waals surface area contributed by atoms with Gasteiger partial charge in [-0.3, -0.25) is 9.69 Å². The molecule has 5 nitrogen and oxygen atoms in total. The summed E-state index contributed by atoms with van der Waals surface area (Å²) in [6.07, 6.45) is 2.97. The van der Waals surface area contributed by atoms with E-state index in [4.69, 9.17) is 0 Å². The zero-order chi connectivity index (χ0) is 17.1. The number of hydrogen-bond acceptors (Lipinski definition) is 4. The van der Waals surface area contributed by atoms with Gasteiger partial charge in [-0.2, -0.15) is 8.78 Å². The van der Waals surface area contributed by atoms with Crippen molar-refractivity contribution in [2.24, 2.45) is 0 Å². The van der Waals surface area contributed by atoms with Gasteiger partial charge in [-0.05, 0) is 56.5 Å². The second-order valence-corrected chi connectivity index (χ2v) is 6.31. The number of aliphatic hydroxyl groups is 1. The summed E-state index contributed by atoms with van der Waals surface area (Å²) in [6.45, 7) is -0.892. The fraction of sp³-hybridized carbons (Fsp3) is 0.588. The van der Waals surface area contributed by atoms with Crippen molar-refractivity contribution in [2.75, 3.05) is 24.5 Å². The minimum Gasteiger partial charge on any atom is -0.435 e. The maximum absolute atomic E-state index is 12.8. The molecule has 24 heavy (non-hydrogen) atoms. The number of amides is 1. The highest BCUT2D eigenvalue weighted by molar-refractivity contribution is 5.98. The molecule has 0 aliphatic carbocycles. The average Bonchev–Trinajstić information content (AvgIpc) is 2.55. The Morgan fingerprint density at radius 3 is 2.50 bits per heavy atom. The zero-order valence-electron chi connectivity index (χ0n) is 13.4. The van der Waals surface area contributed by atoms with Gasteiger partial charge in [0.2, 0.25) is 5.91 Å². The molecule has 132 valence electrons. The summed E-state index contributed by atoms with van der Waals surface area (Å²) in [4.78, 5) is 16.6. The van der Waals surface area contributed by atoms with E-state index in [1.807, 2.05) is 0 Å². The van der Waals surface area contributed by atoms with Crippen molar-refractivity contribution in [2.45, 2.75) is 44.4 Å². The Kier molecular flexibility index (Phi) is 5.30. The highest BCUT2D eigenvalue weighted by Gasteiger charge is 2.35. The first-order valence-electron chi connectivity index (χ1n) is 8.33. The van der Waals surface area contributed by atoms with Crippen LogP contribution in [0.2, 0.25) is 0 Å². The SMILES string of the molecule is O=C1C(N2CCCC(O)C2)CCCN1c1ccc(OC(F)F)cc1. The van der Waals surface area contributed by atoms with Crippen molar-refractivity contribution < 1.29 is 23.4 Å². The number of alkyl halides is 2. The molecule has 0 saturated carbocycles. The number of hydrogen-bond donors (Lipinski definition) is 1. The van der Waals surface area contributed by atoms with Crippen LogP contribution in [0.15, 0.2) is 24.3 Å². The fourth-order valence-corrected chi connectivity index (χ4v) is 3.53. The third kappa shape index (κ3) is 3.84. The maximum Gasteiger partial charge on any atom is 0.387 e. The molecule has 3 rings (SSSR count). The number of piperidine rings is 2. The lowest BCUT2D eigenvalue weighted by atomic mass is 9.98. The van der Waals surface area contributed by atoms with E-state index < -0.39 is 6.61 Å². The Bertz CT molecular complexity index is 567. The molecule has 1 N–H and O–H groups in total. The van der Waals surface area contributed by atoms with Crippen LogP contribution in [-0.4, -0.2) is 54.3 Å².